The van der Waals surface area contributed by atoms with Crippen LogP contribution in [0.15, 0.2) is 36.4 Å². The van der Waals surface area contributed by atoms with Crippen LogP contribution in [-0.4, -0.2) is 67.3 Å². The standard InChI is InChI=1S/C24H29N5O2/c1-26-23(31)29-13-12-27(15-21(29)25)20-5-2-4-17-14-18(6-7-19(17)20)22(30)28-11-3-8-24(16-28)9-10-24/h2,4-7,14,25H,3,8-13,15-16H2,1H3,(H,26,31)/p+1. The van der Waals surface area contributed by atoms with E-state index in [0.29, 0.717) is 30.9 Å². The number of nitrogens with zero attached hydrogens (tertiary/aromatic N) is 3. The highest BCUT2D eigenvalue weighted by molar-refractivity contribution is 6.03. The summed E-state index contributed by atoms with van der Waals surface area (Å²) in [4.78, 5) is 31.0. The second-order valence-electron chi connectivity index (χ2n) is 9.16. The summed E-state index contributed by atoms with van der Waals surface area (Å²) in [7, 11) is 1.61. The lowest BCUT2D eigenvalue weighted by atomic mass is 9.94. The van der Waals surface area contributed by atoms with E-state index >= 15 is 0 Å². The first-order valence-electron chi connectivity index (χ1n) is 11.2. The van der Waals surface area contributed by atoms with Gasteiger partial charge in [0.25, 0.3) is 11.7 Å². The number of urea groups is 1. The maximum absolute atomic E-state index is 13.2. The molecule has 1 saturated carbocycles. The average molecular weight is 421 g/mol. The lowest BCUT2D eigenvalue weighted by molar-refractivity contribution is -0.127. The number of nitrogens with one attached hydrogen (secondary N) is 1. The minimum Gasteiger partial charge on any atom is -0.355 e. The van der Waals surface area contributed by atoms with Crippen molar-refractivity contribution in [3.05, 3.63) is 42.0 Å². The van der Waals surface area contributed by atoms with Crippen molar-refractivity contribution in [3.8, 4) is 0 Å². The zero-order valence-corrected chi connectivity index (χ0v) is 18.1. The fraction of sp³-hybridized carbons (Fsp3) is 0.458. The van der Waals surface area contributed by atoms with Gasteiger partial charge in [0.05, 0.1) is 6.54 Å². The quantitative estimate of drug-likeness (QED) is 0.772. The van der Waals surface area contributed by atoms with Crippen LogP contribution in [0.25, 0.3) is 10.8 Å². The number of nitrogens with two attached hydrogens (primary N) is 1. The third-order valence-electron chi connectivity index (χ3n) is 7.10. The third kappa shape index (κ3) is 3.62. The number of carbonyl (C=O) groups excluding carboxylic acids is 2. The van der Waals surface area contributed by atoms with E-state index in [1.807, 2.05) is 18.2 Å². The molecule has 2 aliphatic heterocycles. The summed E-state index contributed by atoms with van der Waals surface area (Å²) in [5, 5.41) is 11.0. The van der Waals surface area contributed by atoms with Crippen molar-refractivity contribution in [2.24, 2.45) is 5.41 Å². The molecule has 0 radical (unpaired) electrons. The van der Waals surface area contributed by atoms with Gasteiger partial charge in [-0.3, -0.25) is 10.2 Å². The van der Waals surface area contributed by atoms with Gasteiger partial charge in [-0.15, -0.1) is 0 Å². The molecular weight excluding hydrogens is 390 g/mol. The molecule has 2 heterocycles. The van der Waals surface area contributed by atoms with Crippen LogP contribution in [0.2, 0.25) is 0 Å². The Morgan fingerprint density at radius 3 is 2.65 bits per heavy atom. The molecule has 7 heteroatoms. The number of carbonyl (C=O) groups is 2. The van der Waals surface area contributed by atoms with Crippen LogP contribution in [0.3, 0.4) is 0 Å². The van der Waals surface area contributed by atoms with Crippen molar-refractivity contribution >= 4 is 34.2 Å². The van der Waals surface area contributed by atoms with Gasteiger partial charge in [-0.2, -0.15) is 4.90 Å². The summed E-state index contributed by atoms with van der Waals surface area (Å²) in [6.07, 6.45) is 4.92. The molecular formula is C24H30N5O2+. The number of benzene rings is 2. The predicted octanol–water partition coefficient (Wildman–Crippen LogP) is 1.48. The van der Waals surface area contributed by atoms with E-state index in [1.54, 1.807) is 11.9 Å². The number of fused-ring (bicyclic) bond motifs is 1. The van der Waals surface area contributed by atoms with Crippen LogP contribution in [0, 0.1) is 5.41 Å². The minimum atomic E-state index is -0.177. The number of anilines is 1. The first-order valence-corrected chi connectivity index (χ1v) is 11.2. The zero-order chi connectivity index (χ0) is 21.6. The van der Waals surface area contributed by atoms with E-state index in [9.17, 15) is 9.59 Å². The first kappa shape index (κ1) is 19.8. The summed E-state index contributed by atoms with van der Waals surface area (Å²) in [5.41, 5.74) is 2.26. The summed E-state index contributed by atoms with van der Waals surface area (Å²) >= 11 is 0. The van der Waals surface area contributed by atoms with Crippen molar-refractivity contribution in [2.45, 2.75) is 25.7 Å². The van der Waals surface area contributed by atoms with Gasteiger partial charge in [-0.25, -0.2) is 4.79 Å². The van der Waals surface area contributed by atoms with Gasteiger partial charge in [-0.1, -0.05) is 18.2 Å². The van der Waals surface area contributed by atoms with E-state index < -0.39 is 0 Å². The predicted molar refractivity (Wildman–Crippen MR) is 121 cm³/mol. The summed E-state index contributed by atoms with van der Waals surface area (Å²) < 4.78 is 0. The van der Waals surface area contributed by atoms with E-state index in [-0.39, 0.29) is 11.9 Å². The van der Waals surface area contributed by atoms with Gasteiger partial charge in [-0.05, 0) is 54.7 Å². The molecule has 5 rings (SSSR count). The number of amidine groups is 1. The number of piperazine rings is 1. The molecule has 1 spiro atoms. The molecule has 3 amide bonds. The Balaban J connectivity index is 1.37. The van der Waals surface area contributed by atoms with E-state index in [0.717, 1.165) is 41.5 Å². The molecule has 2 saturated heterocycles. The summed E-state index contributed by atoms with van der Waals surface area (Å²) in [6.45, 7) is 3.50. The van der Waals surface area contributed by atoms with Crippen LogP contribution in [0.5, 0.6) is 0 Å². The van der Waals surface area contributed by atoms with Crippen LogP contribution < -0.4 is 15.6 Å². The van der Waals surface area contributed by atoms with Gasteiger partial charge < -0.3 is 15.1 Å². The number of likely N-dealkylation sites (tertiary alicyclic amines) is 1. The van der Waals surface area contributed by atoms with Crippen LogP contribution in [0.4, 0.5) is 10.5 Å². The van der Waals surface area contributed by atoms with Crippen molar-refractivity contribution in [1.82, 2.24) is 15.1 Å². The molecule has 0 unspecified atom stereocenters. The van der Waals surface area contributed by atoms with Crippen LogP contribution in [-0.2, 0) is 0 Å². The number of piperidine rings is 1. The fourth-order valence-electron chi connectivity index (χ4n) is 5.12. The van der Waals surface area contributed by atoms with Crippen LogP contribution in [0.1, 0.15) is 36.0 Å². The lowest BCUT2D eigenvalue weighted by Crippen LogP contribution is -2.64. The molecule has 0 bridgehead atoms. The fourth-order valence-corrected chi connectivity index (χ4v) is 5.12. The number of rotatable bonds is 2. The maximum Gasteiger partial charge on any atom is 0.408 e. The number of amides is 3. The molecule has 2 aromatic carbocycles. The zero-order valence-electron chi connectivity index (χ0n) is 18.1. The maximum atomic E-state index is 13.2. The Morgan fingerprint density at radius 1 is 1.06 bits per heavy atom. The lowest BCUT2D eigenvalue weighted by Gasteiger charge is -2.33. The molecule has 7 nitrogen and oxygen atoms in total. The van der Waals surface area contributed by atoms with E-state index in [1.165, 1.54) is 19.3 Å². The topological polar surface area (TPSA) is 81.5 Å². The molecule has 3 aliphatic rings. The Kier molecular flexibility index (Phi) is 4.84. The highest BCUT2D eigenvalue weighted by Gasteiger charge is 2.46. The SMILES string of the molecule is CNC(=O)N1CCN(c2cccc3cc(C(=O)N4CCCC5(CC5)C4)ccc23)CC1=[NH2+]. The molecule has 3 N–H and O–H groups in total. The monoisotopic (exact) mass is 420 g/mol. The normalized spacial score (nSPS) is 20.3. The Hall–Kier alpha value is -3.09. The van der Waals surface area contributed by atoms with Gasteiger partial charge in [0, 0.05) is 36.8 Å². The molecule has 1 aliphatic carbocycles. The molecule has 3 fully saturated rings. The highest BCUT2D eigenvalue weighted by Crippen LogP contribution is 2.52. The average Bonchev–Trinajstić information content (AvgIpc) is 3.55. The summed E-state index contributed by atoms with van der Waals surface area (Å²) in [6, 6.07) is 12.0. The van der Waals surface area contributed by atoms with Crippen molar-refractivity contribution in [2.75, 3.05) is 44.7 Å². The Labute approximate surface area is 182 Å². The Morgan fingerprint density at radius 2 is 1.90 bits per heavy atom. The van der Waals surface area contributed by atoms with E-state index in [4.69, 9.17) is 5.41 Å². The molecule has 0 aromatic heterocycles. The van der Waals surface area contributed by atoms with Crippen molar-refractivity contribution in [3.63, 3.8) is 0 Å². The van der Waals surface area contributed by atoms with E-state index in [2.05, 4.69) is 33.3 Å². The molecule has 2 aromatic rings. The van der Waals surface area contributed by atoms with Crippen LogP contribution >= 0.6 is 0 Å². The van der Waals surface area contributed by atoms with Gasteiger partial charge >= 0.3 is 6.03 Å². The van der Waals surface area contributed by atoms with Gasteiger partial charge in [0.2, 0.25) is 0 Å². The highest BCUT2D eigenvalue weighted by atomic mass is 16.2. The minimum absolute atomic E-state index is 0.148. The number of hydrogen-bond donors (Lipinski definition) is 2. The van der Waals surface area contributed by atoms with Gasteiger partial charge in [0.15, 0.2) is 0 Å². The van der Waals surface area contributed by atoms with Crippen molar-refractivity contribution < 1.29 is 15.0 Å². The largest absolute Gasteiger partial charge is 0.408 e. The number of hydrogen-bond acceptors (Lipinski definition) is 3. The second-order valence-corrected chi connectivity index (χ2v) is 9.16. The smallest absolute Gasteiger partial charge is 0.355 e. The summed E-state index contributed by atoms with van der Waals surface area (Å²) in [5.74, 6) is 0.684. The molecule has 162 valence electrons. The van der Waals surface area contributed by atoms with Gasteiger partial charge in [0.1, 0.15) is 13.1 Å². The molecule has 31 heavy (non-hydrogen) atoms. The van der Waals surface area contributed by atoms with Crippen molar-refractivity contribution in [1.29, 1.82) is 0 Å². The third-order valence-corrected chi connectivity index (χ3v) is 7.10. The first-order chi connectivity index (χ1) is 15.0. The second kappa shape index (κ2) is 7.55. The Bertz CT molecular complexity index is 1060. The molecule has 0 atom stereocenters.